The molecule has 0 N–H and O–H groups in total. The average molecular weight is 139 g/mol. The van der Waals surface area contributed by atoms with Crippen LogP contribution in [0.4, 0.5) is 0 Å². The molecule has 8 heavy (non-hydrogen) atoms. The van der Waals surface area contributed by atoms with Crippen LogP contribution in [0, 0.1) is 0 Å². The van der Waals surface area contributed by atoms with Crippen molar-refractivity contribution in [1.82, 2.24) is 0 Å². The summed E-state index contributed by atoms with van der Waals surface area (Å²) in [6.45, 7) is 3.32. The maximum Gasteiger partial charge on any atom is 1.00 e. The standard InChI is InChI=1S/C5H10NO.K/c1-4(6-3)5(2)7;/h4H,1-3H3;/q-1;+1. The van der Waals surface area contributed by atoms with Crippen LogP contribution in [0.3, 0.4) is 0 Å². The van der Waals surface area contributed by atoms with Gasteiger partial charge < -0.3 is 10.1 Å². The number of carbonyl (C=O) groups excluding carboxylic acids is 1. The fourth-order valence-electron chi connectivity index (χ4n) is 0.182. The first-order valence-electron chi connectivity index (χ1n) is 2.28. The van der Waals surface area contributed by atoms with Crippen LogP contribution < -0.4 is 51.4 Å². The van der Waals surface area contributed by atoms with E-state index in [-0.39, 0.29) is 63.2 Å². The number of likely N-dealkylation sites (N-methyl/N-ethyl adjacent to an activating group) is 1. The van der Waals surface area contributed by atoms with Crippen molar-refractivity contribution in [2.45, 2.75) is 19.9 Å². The Hall–Kier alpha value is 1.27. The number of hydrogen-bond acceptors (Lipinski definition) is 1. The number of hydrogen-bond donors (Lipinski definition) is 0. The van der Waals surface area contributed by atoms with Crippen molar-refractivity contribution < 1.29 is 56.2 Å². The van der Waals surface area contributed by atoms with Crippen LogP contribution in [0.2, 0.25) is 0 Å². The smallest absolute Gasteiger partial charge is 0.656 e. The number of Topliss-reactive ketones (excluding diaryl/α,β-unsaturated/α-hetero) is 1. The van der Waals surface area contributed by atoms with Gasteiger partial charge in [0.15, 0.2) is 0 Å². The molecule has 0 heterocycles. The van der Waals surface area contributed by atoms with E-state index in [2.05, 4.69) is 5.32 Å². The van der Waals surface area contributed by atoms with Gasteiger partial charge in [-0.05, 0) is 6.92 Å². The van der Waals surface area contributed by atoms with Crippen molar-refractivity contribution in [3.8, 4) is 0 Å². The van der Waals surface area contributed by atoms with E-state index >= 15 is 0 Å². The Morgan fingerprint density at radius 1 is 1.62 bits per heavy atom. The van der Waals surface area contributed by atoms with Gasteiger partial charge >= 0.3 is 51.4 Å². The molecule has 0 aromatic carbocycles. The molecule has 0 fully saturated rings. The summed E-state index contributed by atoms with van der Waals surface area (Å²) in [6, 6.07) is -0.111. The van der Waals surface area contributed by atoms with Gasteiger partial charge in [0.1, 0.15) is 5.78 Å². The number of rotatable bonds is 2. The molecule has 0 rings (SSSR count). The fourth-order valence-corrected chi connectivity index (χ4v) is 0.182. The second kappa shape index (κ2) is 6.39. The summed E-state index contributed by atoms with van der Waals surface area (Å²) in [5.41, 5.74) is 0. The van der Waals surface area contributed by atoms with Crippen LogP contribution in [0.1, 0.15) is 13.8 Å². The van der Waals surface area contributed by atoms with Crippen molar-refractivity contribution in [3.05, 3.63) is 5.32 Å². The quantitative estimate of drug-likeness (QED) is 0.406. The van der Waals surface area contributed by atoms with Crippen molar-refractivity contribution in [2.24, 2.45) is 0 Å². The Morgan fingerprint density at radius 2 is 2.00 bits per heavy atom. The minimum atomic E-state index is -0.111. The molecule has 3 heteroatoms. The topological polar surface area (TPSA) is 31.2 Å². The van der Waals surface area contributed by atoms with Gasteiger partial charge in [0.2, 0.25) is 0 Å². The number of nitrogens with zero attached hydrogens (tertiary/aromatic N) is 1. The molecular formula is C5H10KNO. The largest absolute Gasteiger partial charge is 1.00 e. The molecule has 0 bridgehead atoms. The summed E-state index contributed by atoms with van der Waals surface area (Å²) in [5.74, 6) is 0.127. The van der Waals surface area contributed by atoms with E-state index in [1.165, 1.54) is 6.92 Å². The van der Waals surface area contributed by atoms with E-state index in [9.17, 15) is 4.79 Å². The molecule has 0 aliphatic heterocycles. The first kappa shape index (κ1) is 12.0. The Kier molecular flexibility index (Phi) is 9.57. The second-order valence-corrected chi connectivity index (χ2v) is 1.54. The van der Waals surface area contributed by atoms with E-state index in [0.717, 1.165) is 0 Å². The van der Waals surface area contributed by atoms with Crippen molar-refractivity contribution in [1.29, 1.82) is 0 Å². The molecule has 42 valence electrons. The van der Waals surface area contributed by atoms with E-state index in [1.54, 1.807) is 14.0 Å². The Morgan fingerprint density at radius 3 is 2.00 bits per heavy atom. The normalized spacial score (nSPS) is 11.9. The van der Waals surface area contributed by atoms with Gasteiger partial charge in [-0.3, -0.25) is 0 Å². The molecule has 0 saturated heterocycles. The van der Waals surface area contributed by atoms with Crippen molar-refractivity contribution in [2.75, 3.05) is 7.05 Å². The molecule has 0 saturated carbocycles. The zero-order chi connectivity index (χ0) is 5.86. The third-order valence-corrected chi connectivity index (χ3v) is 0.976. The third kappa shape index (κ3) is 5.40. The summed E-state index contributed by atoms with van der Waals surface area (Å²) >= 11 is 0. The van der Waals surface area contributed by atoms with E-state index < -0.39 is 0 Å². The summed E-state index contributed by atoms with van der Waals surface area (Å²) < 4.78 is 0. The van der Waals surface area contributed by atoms with Gasteiger partial charge in [-0.1, -0.05) is 13.0 Å². The molecule has 1 atom stereocenters. The molecule has 1 unspecified atom stereocenters. The van der Waals surface area contributed by atoms with Gasteiger partial charge in [0, 0.05) is 0 Å². The fraction of sp³-hybridized carbons (Fsp3) is 0.800. The average Bonchev–Trinajstić information content (AvgIpc) is 1.65. The van der Waals surface area contributed by atoms with E-state index in [0.29, 0.717) is 0 Å². The Balaban J connectivity index is 0. The molecule has 0 radical (unpaired) electrons. The Labute approximate surface area is 92.8 Å². The zero-order valence-corrected chi connectivity index (χ0v) is 9.06. The summed E-state index contributed by atoms with van der Waals surface area (Å²) in [7, 11) is 1.64. The van der Waals surface area contributed by atoms with E-state index in [4.69, 9.17) is 0 Å². The molecule has 0 spiro atoms. The summed E-state index contributed by atoms with van der Waals surface area (Å²) in [5, 5.41) is 3.74. The number of ketones is 1. The van der Waals surface area contributed by atoms with Crippen molar-refractivity contribution >= 4 is 5.78 Å². The van der Waals surface area contributed by atoms with Crippen LogP contribution in [0.5, 0.6) is 0 Å². The first-order chi connectivity index (χ1) is 3.18. The minimum absolute atomic E-state index is 0. The van der Waals surface area contributed by atoms with Crippen LogP contribution in [-0.2, 0) is 4.79 Å². The zero-order valence-electron chi connectivity index (χ0n) is 5.93. The second-order valence-electron chi connectivity index (χ2n) is 1.54. The monoisotopic (exact) mass is 139 g/mol. The third-order valence-electron chi connectivity index (χ3n) is 0.976. The first-order valence-corrected chi connectivity index (χ1v) is 2.28. The molecule has 0 amide bonds. The molecule has 0 aliphatic rings. The molecule has 2 nitrogen and oxygen atoms in total. The van der Waals surface area contributed by atoms with Gasteiger partial charge in [-0.2, -0.15) is 7.05 Å². The Bertz CT molecular complexity index is 74.8. The maximum atomic E-state index is 10.3. The predicted octanol–water partition coefficient (Wildman–Crippen LogP) is -2.03. The van der Waals surface area contributed by atoms with Gasteiger partial charge in [0.05, 0.1) is 0 Å². The van der Waals surface area contributed by atoms with E-state index in [1.807, 2.05) is 0 Å². The van der Waals surface area contributed by atoms with Crippen molar-refractivity contribution in [3.63, 3.8) is 0 Å². The van der Waals surface area contributed by atoms with Gasteiger partial charge in [-0.15, -0.1) is 0 Å². The SMILES string of the molecule is C[N-]C(C)C(C)=O.[K+]. The van der Waals surface area contributed by atoms with Crippen LogP contribution in [0.15, 0.2) is 0 Å². The van der Waals surface area contributed by atoms with Crippen LogP contribution in [-0.4, -0.2) is 18.9 Å². The summed E-state index contributed by atoms with van der Waals surface area (Å²) in [4.78, 5) is 10.3. The minimum Gasteiger partial charge on any atom is -0.656 e. The molecule has 0 aromatic heterocycles. The van der Waals surface area contributed by atoms with Crippen LogP contribution in [0.25, 0.3) is 5.32 Å². The van der Waals surface area contributed by atoms with Gasteiger partial charge in [0.25, 0.3) is 0 Å². The maximum absolute atomic E-state index is 10.3. The summed E-state index contributed by atoms with van der Waals surface area (Å²) in [6.07, 6.45) is 0. The number of carbonyl (C=O) groups is 1. The molecule has 0 aliphatic carbocycles. The van der Waals surface area contributed by atoms with Gasteiger partial charge in [-0.25, -0.2) is 0 Å². The molecular weight excluding hydrogens is 129 g/mol. The predicted molar refractivity (Wildman–Crippen MR) is 29.4 cm³/mol. The van der Waals surface area contributed by atoms with Crippen LogP contribution >= 0.6 is 0 Å². The molecule has 0 aromatic rings.